The number of ether oxygens (including phenoxy) is 2. The van der Waals surface area contributed by atoms with Crippen molar-refractivity contribution in [2.45, 2.75) is 18.6 Å². The fourth-order valence-corrected chi connectivity index (χ4v) is 1.14. The van der Waals surface area contributed by atoms with Gasteiger partial charge in [-0.15, -0.1) is 0 Å². The minimum Gasteiger partial charge on any atom is -0.349 e. The Bertz CT molecular complexity index is 120. The molecule has 0 amide bonds. The second kappa shape index (κ2) is 1.57. The van der Waals surface area contributed by atoms with E-state index in [1.54, 1.807) is 0 Å². The highest BCUT2D eigenvalue weighted by Gasteiger charge is 2.29. The van der Waals surface area contributed by atoms with Crippen molar-refractivity contribution in [2.75, 3.05) is 6.79 Å². The summed E-state index contributed by atoms with van der Waals surface area (Å²) in [7, 11) is 0. The van der Waals surface area contributed by atoms with Gasteiger partial charge in [0.2, 0.25) is 0 Å². The molecule has 0 radical (unpaired) electrons. The van der Waals surface area contributed by atoms with Crippen molar-refractivity contribution in [3.63, 3.8) is 0 Å². The maximum Gasteiger partial charge on any atom is 0.148 e. The zero-order valence-electron chi connectivity index (χ0n) is 4.54. The fraction of sp³-hybridized carbons (Fsp3) is 0.667. The van der Waals surface area contributed by atoms with Crippen LogP contribution in [-0.4, -0.2) is 19.0 Å². The molecule has 0 unspecified atom stereocenters. The highest BCUT2D eigenvalue weighted by Crippen LogP contribution is 2.22. The summed E-state index contributed by atoms with van der Waals surface area (Å²) in [6, 6.07) is 0. The van der Waals surface area contributed by atoms with E-state index in [0.717, 1.165) is 6.42 Å². The van der Waals surface area contributed by atoms with Gasteiger partial charge in [-0.2, -0.15) is 0 Å². The maximum atomic E-state index is 5.19. The van der Waals surface area contributed by atoms with E-state index in [4.69, 9.17) is 9.47 Å². The Hall–Kier alpha value is -0.340. The summed E-state index contributed by atoms with van der Waals surface area (Å²) in [5, 5.41) is 0. The van der Waals surface area contributed by atoms with Crippen LogP contribution in [-0.2, 0) is 9.47 Å². The van der Waals surface area contributed by atoms with Crippen LogP contribution in [0.1, 0.15) is 6.42 Å². The van der Waals surface area contributed by atoms with Gasteiger partial charge in [0.15, 0.2) is 0 Å². The summed E-state index contributed by atoms with van der Waals surface area (Å²) in [5.41, 5.74) is 0. The molecule has 1 aliphatic heterocycles. The predicted molar refractivity (Wildman–Crippen MR) is 28.4 cm³/mol. The molecule has 0 bridgehead atoms. The van der Waals surface area contributed by atoms with E-state index in [1.165, 1.54) is 0 Å². The lowest BCUT2D eigenvalue weighted by molar-refractivity contribution is 0.0418. The predicted octanol–water partition coefficient (Wildman–Crippen LogP) is 0.688. The first-order valence-corrected chi connectivity index (χ1v) is 2.87. The lowest BCUT2D eigenvalue weighted by Crippen LogP contribution is -2.13. The topological polar surface area (TPSA) is 18.5 Å². The van der Waals surface area contributed by atoms with Crippen LogP contribution in [0.3, 0.4) is 0 Å². The molecule has 2 rings (SSSR count). The number of hydrogen-bond donors (Lipinski definition) is 0. The highest BCUT2D eigenvalue weighted by molar-refractivity contribution is 5.05. The summed E-state index contributed by atoms with van der Waals surface area (Å²) in [5.74, 6) is 0. The largest absolute Gasteiger partial charge is 0.349 e. The van der Waals surface area contributed by atoms with Gasteiger partial charge < -0.3 is 9.47 Å². The Labute approximate surface area is 48.1 Å². The van der Waals surface area contributed by atoms with Gasteiger partial charge in [0.1, 0.15) is 12.9 Å². The second-order valence-corrected chi connectivity index (χ2v) is 2.12. The molecule has 0 N–H and O–H groups in total. The van der Waals surface area contributed by atoms with Crippen molar-refractivity contribution in [2.24, 2.45) is 0 Å². The third-order valence-electron chi connectivity index (χ3n) is 1.60. The van der Waals surface area contributed by atoms with Gasteiger partial charge in [0, 0.05) is 0 Å². The molecular formula is C6H8O2. The first-order chi connectivity index (χ1) is 3.97. The molecule has 0 saturated carbocycles. The van der Waals surface area contributed by atoms with Crippen LogP contribution in [0.15, 0.2) is 12.2 Å². The fourth-order valence-electron chi connectivity index (χ4n) is 1.14. The Balaban J connectivity index is 2.13. The molecule has 1 aliphatic carbocycles. The number of rotatable bonds is 0. The van der Waals surface area contributed by atoms with Gasteiger partial charge in [-0.05, 0) is 6.42 Å². The molecule has 1 fully saturated rings. The van der Waals surface area contributed by atoms with Crippen molar-refractivity contribution in [1.29, 1.82) is 0 Å². The average molecular weight is 112 g/mol. The minimum atomic E-state index is 0.273. The summed E-state index contributed by atoms with van der Waals surface area (Å²) in [6.45, 7) is 0.486. The van der Waals surface area contributed by atoms with E-state index < -0.39 is 0 Å². The Morgan fingerprint density at radius 3 is 3.25 bits per heavy atom. The molecule has 2 atom stereocenters. The van der Waals surface area contributed by atoms with E-state index in [0.29, 0.717) is 12.9 Å². The molecule has 0 aromatic rings. The van der Waals surface area contributed by atoms with Gasteiger partial charge >= 0.3 is 0 Å². The molecule has 0 aromatic carbocycles. The van der Waals surface area contributed by atoms with Gasteiger partial charge in [-0.3, -0.25) is 0 Å². The Morgan fingerprint density at radius 2 is 2.38 bits per heavy atom. The third kappa shape index (κ3) is 0.501. The normalized spacial score (nSPS) is 43.0. The average Bonchev–Trinajstić information content (AvgIpc) is 2.15. The molecule has 1 heterocycles. The molecule has 1 saturated heterocycles. The minimum absolute atomic E-state index is 0.273. The molecule has 8 heavy (non-hydrogen) atoms. The maximum absolute atomic E-state index is 5.19. The lowest BCUT2D eigenvalue weighted by atomic mass is 10.2. The van der Waals surface area contributed by atoms with Crippen LogP contribution in [0, 0.1) is 0 Å². The third-order valence-corrected chi connectivity index (χ3v) is 1.60. The molecule has 0 aromatic heterocycles. The lowest BCUT2D eigenvalue weighted by Gasteiger charge is -2.01. The van der Waals surface area contributed by atoms with E-state index in [-0.39, 0.29) is 6.10 Å². The standard InChI is InChI=1S/C6H8O2/c1-2-5-6(3-1)8-4-7-5/h1-2,5-6H,3-4H2/t5-,6+/m1/s1. The van der Waals surface area contributed by atoms with Crippen molar-refractivity contribution in [1.82, 2.24) is 0 Å². The summed E-state index contributed by atoms with van der Waals surface area (Å²) < 4.78 is 10.4. The smallest absolute Gasteiger partial charge is 0.148 e. The van der Waals surface area contributed by atoms with E-state index >= 15 is 0 Å². The first kappa shape index (κ1) is 4.53. The second-order valence-electron chi connectivity index (χ2n) is 2.12. The Kier molecular flexibility index (Phi) is 0.889. The van der Waals surface area contributed by atoms with Crippen molar-refractivity contribution in [3.05, 3.63) is 12.2 Å². The molecule has 44 valence electrons. The zero-order chi connectivity index (χ0) is 5.40. The van der Waals surface area contributed by atoms with Crippen LogP contribution < -0.4 is 0 Å². The van der Waals surface area contributed by atoms with E-state index in [9.17, 15) is 0 Å². The van der Waals surface area contributed by atoms with Crippen LogP contribution >= 0.6 is 0 Å². The monoisotopic (exact) mass is 112 g/mol. The molecular weight excluding hydrogens is 104 g/mol. The zero-order valence-corrected chi connectivity index (χ0v) is 4.54. The van der Waals surface area contributed by atoms with Crippen LogP contribution in [0.5, 0.6) is 0 Å². The SMILES string of the molecule is C1=C[C@H]2OCO[C@H]2C1. The van der Waals surface area contributed by atoms with Gasteiger partial charge in [-0.25, -0.2) is 0 Å². The van der Waals surface area contributed by atoms with Gasteiger partial charge in [-0.1, -0.05) is 12.2 Å². The van der Waals surface area contributed by atoms with Crippen LogP contribution in [0.2, 0.25) is 0 Å². The quantitative estimate of drug-likeness (QED) is 0.429. The highest BCUT2D eigenvalue weighted by atomic mass is 16.7. The van der Waals surface area contributed by atoms with E-state index in [2.05, 4.69) is 12.2 Å². The number of fused-ring (bicyclic) bond motifs is 1. The molecule has 2 aliphatic rings. The van der Waals surface area contributed by atoms with E-state index in [1.807, 2.05) is 0 Å². The van der Waals surface area contributed by atoms with Crippen molar-refractivity contribution < 1.29 is 9.47 Å². The van der Waals surface area contributed by atoms with Crippen LogP contribution in [0.25, 0.3) is 0 Å². The number of hydrogen-bond acceptors (Lipinski definition) is 2. The molecule has 2 nitrogen and oxygen atoms in total. The summed E-state index contributed by atoms with van der Waals surface area (Å²) in [4.78, 5) is 0. The first-order valence-electron chi connectivity index (χ1n) is 2.87. The Morgan fingerprint density at radius 1 is 1.38 bits per heavy atom. The molecule has 0 spiro atoms. The van der Waals surface area contributed by atoms with Crippen molar-refractivity contribution >= 4 is 0 Å². The van der Waals surface area contributed by atoms with Gasteiger partial charge in [0.05, 0.1) is 6.10 Å². The van der Waals surface area contributed by atoms with Gasteiger partial charge in [0.25, 0.3) is 0 Å². The summed E-state index contributed by atoms with van der Waals surface area (Å²) in [6.07, 6.45) is 5.82. The molecule has 2 heteroatoms. The van der Waals surface area contributed by atoms with Crippen molar-refractivity contribution in [3.8, 4) is 0 Å². The van der Waals surface area contributed by atoms with Crippen LogP contribution in [0.4, 0.5) is 0 Å². The summed E-state index contributed by atoms with van der Waals surface area (Å²) >= 11 is 0.